The van der Waals surface area contributed by atoms with E-state index >= 15 is 0 Å². The van der Waals surface area contributed by atoms with E-state index < -0.39 is 11.9 Å². The molecule has 2 aromatic heterocycles. The number of nitrogens with zero attached hydrogens (tertiary/aromatic N) is 2. The third kappa shape index (κ3) is 1.26. The zero-order valence-corrected chi connectivity index (χ0v) is 6.34. The van der Waals surface area contributed by atoms with Gasteiger partial charge in [0.25, 0.3) is 0 Å². The Morgan fingerprint density at radius 2 is 2.08 bits per heavy atom. The third-order valence-corrected chi connectivity index (χ3v) is 1.64. The van der Waals surface area contributed by atoms with Crippen molar-refractivity contribution in [1.29, 1.82) is 0 Å². The summed E-state index contributed by atoms with van der Waals surface area (Å²) in [7, 11) is 0. The molecule has 1 radical (unpaired) electrons. The Bertz CT molecular complexity index is 430. The molecule has 0 atom stereocenters. The highest BCUT2D eigenvalue weighted by Crippen LogP contribution is 2.28. The van der Waals surface area contributed by atoms with E-state index in [1.54, 1.807) is 0 Å². The summed E-state index contributed by atoms with van der Waals surface area (Å²) in [4.78, 5) is 0. The average molecular weight is 185 g/mol. The predicted molar refractivity (Wildman–Crippen MR) is 39.0 cm³/mol. The topological polar surface area (TPSA) is 17.3 Å². The molecule has 0 fully saturated rings. The molecule has 2 rings (SSSR count). The number of halogens is 3. The van der Waals surface area contributed by atoms with Crippen molar-refractivity contribution in [3.8, 4) is 0 Å². The fraction of sp³-hybridized carbons (Fsp3) is 0.125. The average Bonchev–Trinajstić information content (AvgIpc) is 2.48. The maximum Gasteiger partial charge on any atom is 0.433 e. The first kappa shape index (κ1) is 8.10. The van der Waals surface area contributed by atoms with E-state index in [-0.39, 0.29) is 0 Å². The quantitative estimate of drug-likeness (QED) is 0.614. The van der Waals surface area contributed by atoms with Crippen LogP contribution in [0.5, 0.6) is 0 Å². The standard InChI is InChI=1S/C8H4F3N2/c9-8(10,11)7-3-1-2-6-4-5-12-13(6)7/h1-3,5H. The van der Waals surface area contributed by atoms with Crippen LogP contribution >= 0.6 is 0 Å². The molecule has 0 saturated heterocycles. The Labute approximate surface area is 71.6 Å². The second kappa shape index (κ2) is 2.48. The third-order valence-electron chi connectivity index (χ3n) is 1.64. The number of fused-ring (bicyclic) bond motifs is 1. The minimum atomic E-state index is -4.38. The molecule has 0 N–H and O–H groups in total. The van der Waals surface area contributed by atoms with E-state index in [1.807, 2.05) is 0 Å². The molecular formula is C8H4F3N2. The summed E-state index contributed by atoms with van der Waals surface area (Å²) in [6.45, 7) is 0. The smallest absolute Gasteiger partial charge is 0.228 e. The fourth-order valence-electron chi connectivity index (χ4n) is 1.10. The van der Waals surface area contributed by atoms with Gasteiger partial charge in [-0.3, -0.25) is 0 Å². The molecule has 0 amide bonds. The number of pyridine rings is 1. The minimum absolute atomic E-state index is 0.315. The molecule has 0 bridgehead atoms. The van der Waals surface area contributed by atoms with Crippen LogP contribution in [0.15, 0.2) is 24.4 Å². The van der Waals surface area contributed by atoms with Crippen LogP contribution in [0, 0.1) is 6.07 Å². The highest BCUT2D eigenvalue weighted by molar-refractivity contribution is 5.45. The number of hydrogen-bond acceptors (Lipinski definition) is 1. The van der Waals surface area contributed by atoms with Crippen LogP contribution in [-0.4, -0.2) is 9.61 Å². The van der Waals surface area contributed by atoms with Gasteiger partial charge in [0.15, 0.2) is 0 Å². The molecule has 0 aliphatic carbocycles. The Morgan fingerprint density at radius 1 is 1.31 bits per heavy atom. The first-order valence-corrected chi connectivity index (χ1v) is 3.51. The summed E-state index contributed by atoms with van der Waals surface area (Å²) in [5.74, 6) is 0. The monoisotopic (exact) mass is 185 g/mol. The molecule has 13 heavy (non-hydrogen) atoms. The largest absolute Gasteiger partial charge is 0.433 e. The Hall–Kier alpha value is -1.52. The first-order valence-electron chi connectivity index (χ1n) is 3.51. The molecule has 0 unspecified atom stereocenters. The van der Waals surface area contributed by atoms with E-state index in [9.17, 15) is 13.2 Å². The van der Waals surface area contributed by atoms with Gasteiger partial charge in [-0.1, -0.05) is 6.07 Å². The van der Waals surface area contributed by atoms with Crippen molar-refractivity contribution in [2.75, 3.05) is 0 Å². The summed E-state index contributed by atoms with van der Waals surface area (Å²) < 4.78 is 37.8. The van der Waals surface area contributed by atoms with Gasteiger partial charge >= 0.3 is 6.18 Å². The van der Waals surface area contributed by atoms with Crippen LogP contribution in [0.3, 0.4) is 0 Å². The molecule has 0 saturated carbocycles. The number of hydrogen-bond donors (Lipinski definition) is 0. The summed E-state index contributed by atoms with van der Waals surface area (Å²) in [5.41, 5.74) is -0.471. The van der Waals surface area contributed by atoms with Gasteiger partial charge in [0, 0.05) is 6.07 Å². The molecule has 2 heterocycles. The van der Waals surface area contributed by atoms with Crippen LogP contribution in [0.1, 0.15) is 5.69 Å². The van der Waals surface area contributed by atoms with Crippen LogP contribution in [-0.2, 0) is 6.18 Å². The van der Waals surface area contributed by atoms with Crippen molar-refractivity contribution < 1.29 is 13.2 Å². The summed E-state index contributed by atoms with van der Waals surface area (Å²) >= 11 is 0. The van der Waals surface area contributed by atoms with Crippen molar-refractivity contribution in [1.82, 2.24) is 9.61 Å². The molecule has 0 aliphatic rings. The van der Waals surface area contributed by atoms with Gasteiger partial charge in [0.1, 0.15) is 5.69 Å². The maximum atomic E-state index is 12.3. The SMILES string of the molecule is FC(F)(F)c1cccc2[c]cnn12. The lowest BCUT2D eigenvalue weighted by Crippen LogP contribution is -2.11. The Kier molecular flexibility index (Phi) is 1.55. The van der Waals surface area contributed by atoms with Crippen molar-refractivity contribution in [3.05, 3.63) is 36.2 Å². The second-order valence-electron chi connectivity index (χ2n) is 2.49. The second-order valence-corrected chi connectivity index (χ2v) is 2.49. The van der Waals surface area contributed by atoms with Gasteiger partial charge in [-0.2, -0.15) is 18.3 Å². The van der Waals surface area contributed by atoms with Crippen molar-refractivity contribution >= 4 is 5.52 Å². The fourth-order valence-corrected chi connectivity index (χ4v) is 1.10. The number of alkyl halides is 3. The Morgan fingerprint density at radius 3 is 2.77 bits per heavy atom. The van der Waals surface area contributed by atoms with Gasteiger partial charge in [0.2, 0.25) is 0 Å². The van der Waals surface area contributed by atoms with E-state index in [0.717, 1.165) is 10.6 Å². The molecule has 0 aliphatic heterocycles. The molecule has 2 nitrogen and oxygen atoms in total. The molecular weight excluding hydrogens is 181 g/mol. The summed E-state index contributed by atoms with van der Waals surface area (Å²) in [6, 6.07) is 6.41. The van der Waals surface area contributed by atoms with E-state index in [0.29, 0.717) is 5.52 Å². The highest BCUT2D eigenvalue weighted by Gasteiger charge is 2.33. The maximum absolute atomic E-state index is 12.3. The molecule has 0 aromatic carbocycles. The Balaban J connectivity index is 2.75. The first-order chi connectivity index (χ1) is 6.09. The summed E-state index contributed by atoms with van der Waals surface area (Å²) in [6.07, 6.45) is -3.16. The lowest BCUT2D eigenvalue weighted by Gasteiger charge is -2.07. The van der Waals surface area contributed by atoms with Crippen LogP contribution in [0.4, 0.5) is 13.2 Å². The molecule has 0 spiro atoms. The minimum Gasteiger partial charge on any atom is -0.228 e. The van der Waals surface area contributed by atoms with Crippen LogP contribution in [0.2, 0.25) is 0 Å². The van der Waals surface area contributed by atoms with Crippen molar-refractivity contribution in [2.45, 2.75) is 6.18 Å². The highest BCUT2D eigenvalue weighted by atomic mass is 19.4. The van der Waals surface area contributed by atoms with Crippen molar-refractivity contribution in [3.63, 3.8) is 0 Å². The van der Waals surface area contributed by atoms with Crippen LogP contribution < -0.4 is 0 Å². The van der Waals surface area contributed by atoms with Crippen LogP contribution in [0.25, 0.3) is 5.52 Å². The number of aromatic nitrogens is 2. The van der Waals surface area contributed by atoms with E-state index in [1.165, 1.54) is 18.3 Å². The van der Waals surface area contributed by atoms with Gasteiger partial charge in [-0.05, 0) is 12.1 Å². The van der Waals surface area contributed by atoms with Gasteiger partial charge in [-0.25, -0.2) is 4.52 Å². The van der Waals surface area contributed by atoms with Gasteiger partial charge in [-0.15, -0.1) is 0 Å². The normalized spacial score (nSPS) is 12.2. The molecule has 5 heteroatoms. The van der Waals surface area contributed by atoms with Gasteiger partial charge in [0.05, 0.1) is 11.7 Å². The molecule has 2 aromatic rings. The zero-order chi connectivity index (χ0) is 9.47. The lowest BCUT2D eigenvalue weighted by molar-refractivity contribution is -0.142. The van der Waals surface area contributed by atoms with E-state index in [4.69, 9.17) is 0 Å². The predicted octanol–water partition coefficient (Wildman–Crippen LogP) is 2.15. The van der Waals surface area contributed by atoms with Crippen molar-refractivity contribution in [2.24, 2.45) is 0 Å². The number of rotatable bonds is 0. The van der Waals surface area contributed by atoms with Gasteiger partial charge < -0.3 is 0 Å². The lowest BCUT2D eigenvalue weighted by atomic mass is 10.3. The van der Waals surface area contributed by atoms with E-state index in [2.05, 4.69) is 11.2 Å². The summed E-state index contributed by atoms with van der Waals surface area (Å²) in [5, 5.41) is 3.53. The molecule has 67 valence electrons. The zero-order valence-electron chi connectivity index (χ0n) is 6.34.